The van der Waals surface area contributed by atoms with Gasteiger partial charge in [0.15, 0.2) is 0 Å². The molecule has 0 radical (unpaired) electrons. The average Bonchev–Trinajstić information content (AvgIpc) is 2.86. The van der Waals surface area contributed by atoms with E-state index < -0.39 is 16.8 Å². The van der Waals surface area contributed by atoms with Crippen molar-refractivity contribution in [3.63, 3.8) is 0 Å². The lowest BCUT2D eigenvalue weighted by molar-refractivity contribution is -0.141. The molecule has 0 aromatic carbocycles. The molecule has 0 saturated heterocycles. The first kappa shape index (κ1) is 45.4. The molecule has 0 aliphatic carbocycles. The molecular weight excluding hydrogens is 612 g/mol. The third-order valence-electron chi connectivity index (χ3n) is 7.30. The second-order valence-corrected chi connectivity index (χ2v) is 13.1. The van der Waals surface area contributed by atoms with Gasteiger partial charge < -0.3 is 38.6 Å². The lowest BCUT2D eigenvalue weighted by atomic mass is 9.71. The summed E-state index contributed by atoms with van der Waals surface area (Å²) in [5.41, 5.74) is -1.85. The maximum atomic E-state index is 12.3. The van der Waals surface area contributed by atoms with Gasteiger partial charge in [-0.05, 0) is 78.1 Å². The summed E-state index contributed by atoms with van der Waals surface area (Å²) >= 11 is 0. The summed E-state index contributed by atoms with van der Waals surface area (Å²) in [4.78, 5) is 115. The number of aliphatic carboxylic acids is 1. The second kappa shape index (κ2) is 23.6. The molecule has 0 heterocycles. The fraction of sp³-hybridized carbons (Fsp3) is 0.714. The number of carbonyl (C=O) groups excluding carboxylic acids is 9. The Morgan fingerprint density at radius 3 is 0.915 bits per heavy atom. The number of hydrogen-bond donors (Lipinski definition) is 1. The molecule has 12 heteroatoms. The number of methoxy groups -OCH3 is 1. The van der Waals surface area contributed by atoms with Crippen molar-refractivity contribution in [1.29, 1.82) is 0 Å². The van der Waals surface area contributed by atoms with Crippen LogP contribution in [0.5, 0.6) is 0 Å². The van der Waals surface area contributed by atoms with E-state index in [4.69, 9.17) is 5.11 Å². The standard InChI is InChI=1S/C18H28O6.C17H26O6/c1-13(19)9-18(10-14(2)20,11-15(3)21)12-16(22)7-5-6-8-17(23)24-4;1-12(18)8-17(9-13(2)19,10-14(3)20)11-15(21)6-4-5-7-16(22)23/h5-12H2,1-4H3;4-11H2,1-3H3,(H,22,23). The Morgan fingerprint density at radius 2 is 0.681 bits per heavy atom. The Morgan fingerprint density at radius 1 is 0.426 bits per heavy atom. The summed E-state index contributed by atoms with van der Waals surface area (Å²) in [5.74, 6) is -2.37. The summed E-state index contributed by atoms with van der Waals surface area (Å²) in [7, 11) is 1.31. The number of ether oxygens (including phenoxy) is 1. The molecule has 0 saturated carbocycles. The highest BCUT2D eigenvalue weighted by molar-refractivity contribution is 5.88. The number of Topliss-reactive ketones (excluding diaryl/α,β-unsaturated/α-hetero) is 8. The predicted molar refractivity (Wildman–Crippen MR) is 172 cm³/mol. The lowest BCUT2D eigenvalue weighted by Gasteiger charge is -2.31. The highest BCUT2D eigenvalue weighted by Gasteiger charge is 2.37. The molecule has 0 spiro atoms. The van der Waals surface area contributed by atoms with Gasteiger partial charge in [-0.2, -0.15) is 0 Å². The van der Waals surface area contributed by atoms with E-state index in [0.29, 0.717) is 25.7 Å². The maximum absolute atomic E-state index is 12.3. The summed E-state index contributed by atoms with van der Waals surface area (Å²) in [6.45, 7) is 8.34. The monoisotopic (exact) mass is 666 g/mol. The van der Waals surface area contributed by atoms with Gasteiger partial charge in [0.05, 0.1) is 7.11 Å². The molecule has 0 aromatic heterocycles. The quantitative estimate of drug-likeness (QED) is 0.0945. The van der Waals surface area contributed by atoms with Crippen LogP contribution in [0.3, 0.4) is 0 Å². The molecule has 0 aliphatic heterocycles. The smallest absolute Gasteiger partial charge is 0.305 e. The number of hydrogen-bond acceptors (Lipinski definition) is 11. The van der Waals surface area contributed by atoms with E-state index in [1.807, 2.05) is 0 Å². The molecule has 47 heavy (non-hydrogen) atoms. The third kappa shape index (κ3) is 25.1. The van der Waals surface area contributed by atoms with Gasteiger partial charge in [-0.3, -0.25) is 19.2 Å². The van der Waals surface area contributed by atoms with Gasteiger partial charge in [0.1, 0.15) is 46.3 Å². The second-order valence-electron chi connectivity index (χ2n) is 13.1. The first-order chi connectivity index (χ1) is 21.7. The molecule has 0 aromatic rings. The van der Waals surface area contributed by atoms with E-state index in [0.717, 1.165) is 0 Å². The van der Waals surface area contributed by atoms with Crippen LogP contribution in [0.4, 0.5) is 0 Å². The van der Waals surface area contributed by atoms with Gasteiger partial charge in [-0.1, -0.05) is 0 Å². The molecule has 12 nitrogen and oxygen atoms in total. The molecule has 1 N–H and O–H groups in total. The lowest BCUT2D eigenvalue weighted by Crippen LogP contribution is -2.31. The minimum Gasteiger partial charge on any atom is -0.481 e. The van der Waals surface area contributed by atoms with Gasteiger partial charge in [0, 0.05) is 77.0 Å². The number of carboxylic acids is 1. The molecule has 266 valence electrons. The van der Waals surface area contributed by atoms with Crippen LogP contribution in [0.15, 0.2) is 0 Å². The molecule has 0 rings (SSSR count). The summed E-state index contributed by atoms with van der Waals surface area (Å²) in [5, 5.41) is 8.57. The van der Waals surface area contributed by atoms with Crippen LogP contribution >= 0.6 is 0 Å². The summed E-state index contributed by atoms with van der Waals surface area (Å²) in [6, 6.07) is 0. The zero-order valence-electron chi connectivity index (χ0n) is 29.3. The fourth-order valence-electron chi connectivity index (χ4n) is 6.22. The summed E-state index contributed by atoms with van der Waals surface area (Å²) in [6.07, 6.45) is 2.85. The largest absolute Gasteiger partial charge is 0.481 e. The predicted octanol–water partition coefficient (Wildman–Crippen LogP) is 5.12. The molecule has 0 bridgehead atoms. The van der Waals surface area contributed by atoms with Crippen molar-refractivity contribution in [2.24, 2.45) is 10.8 Å². The van der Waals surface area contributed by atoms with Gasteiger partial charge in [-0.15, -0.1) is 0 Å². The van der Waals surface area contributed by atoms with E-state index in [1.165, 1.54) is 48.7 Å². The number of carboxylic acid groups (broad SMARTS) is 1. The molecule has 0 fully saturated rings. The van der Waals surface area contributed by atoms with E-state index in [-0.39, 0.29) is 129 Å². The van der Waals surface area contributed by atoms with E-state index >= 15 is 0 Å². The fourth-order valence-corrected chi connectivity index (χ4v) is 6.22. The molecule has 0 unspecified atom stereocenters. The number of esters is 1. The van der Waals surface area contributed by atoms with Crippen molar-refractivity contribution >= 4 is 58.2 Å². The van der Waals surface area contributed by atoms with Crippen molar-refractivity contribution in [1.82, 2.24) is 0 Å². The SMILES string of the molecule is CC(=O)CC(CC(C)=O)(CC(C)=O)CC(=O)CCCCC(=O)O.COC(=O)CCCCC(=O)CC(CC(C)=O)(CC(C)=O)CC(C)=O. The average molecular weight is 667 g/mol. The van der Waals surface area contributed by atoms with Crippen LogP contribution in [0.1, 0.15) is 144 Å². The third-order valence-corrected chi connectivity index (χ3v) is 7.30. The number of carbonyl (C=O) groups is 10. The number of ketones is 8. The Balaban J connectivity index is 0. The summed E-state index contributed by atoms with van der Waals surface area (Å²) < 4.78 is 4.53. The van der Waals surface area contributed by atoms with Crippen LogP contribution in [0, 0.1) is 10.8 Å². The Labute approximate surface area is 278 Å². The van der Waals surface area contributed by atoms with Crippen LogP contribution in [-0.4, -0.2) is 70.4 Å². The molecular formula is C35H54O12. The maximum Gasteiger partial charge on any atom is 0.305 e. The van der Waals surface area contributed by atoms with Gasteiger partial charge in [0.2, 0.25) is 0 Å². The van der Waals surface area contributed by atoms with Gasteiger partial charge >= 0.3 is 11.9 Å². The van der Waals surface area contributed by atoms with Crippen molar-refractivity contribution in [3.05, 3.63) is 0 Å². The Hall–Kier alpha value is -3.70. The van der Waals surface area contributed by atoms with E-state index in [2.05, 4.69) is 4.74 Å². The van der Waals surface area contributed by atoms with Crippen molar-refractivity contribution < 1.29 is 57.8 Å². The number of rotatable bonds is 26. The van der Waals surface area contributed by atoms with Crippen LogP contribution in [0.25, 0.3) is 0 Å². The highest BCUT2D eigenvalue weighted by atomic mass is 16.5. The topological polar surface area (TPSA) is 200 Å². The molecule has 0 aliphatic rings. The van der Waals surface area contributed by atoms with Crippen molar-refractivity contribution in [2.75, 3.05) is 7.11 Å². The van der Waals surface area contributed by atoms with Crippen molar-refractivity contribution in [3.8, 4) is 0 Å². The van der Waals surface area contributed by atoms with E-state index in [9.17, 15) is 47.9 Å². The zero-order valence-corrected chi connectivity index (χ0v) is 29.3. The normalized spacial score (nSPS) is 11.0. The highest BCUT2D eigenvalue weighted by Crippen LogP contribution is 2.38. The first-order valence-electron chi connectivity index (χ1n) is 15.9. The number of unbranched alkanes of at least 4 members (excludes halogenated alkanes) is 2. The minimum absolute atomic E-state index is 0.00118. The van der Waals surface area contributed by atoms with Gasteiger partial charge in [0.25, 0.3) is 0 Å². The molecule has 0 amide bonds. The van der Waals surface area contributed by atoms with E-state index in [1.54, 1.807) is 0 Å². The Kier molecular flexibility index (Phi) is 22.8. The first-order valence-corrected chi connectivity index (χ1v) is 15.9. The van der Waals surface area contributed by atoms with Crippen LogP contribution < -0.4 is 0 Å². The molecule has 0 atom stereocenters. The van der Waals surface area contributed by atoms with Gasteiger partial charge in [-0.25, -0.2) is 0 Å². The Bertz CT molecular complexity index is 1070. The zero-order chi connectivity index (χ0) is 36.8. The van der Waals surface area contributed by atoms with Crippen molar-refractivity contribution in [2.45, 2.75) is 144 Å². The van der Waals surface area contributed by atoms with Crippen LogP contribution in [-0.2, 0) is 52.7 Å². The van der Waals surface area contributed by atoms with Crippen LogP contribution in [0.2, 0.25) is 0 Å². The minimum atomic E-state index is -0.937.